The van der Waals surface area contributed by atoms with Crippen LogP contribution in [0.1, 0.15) is 5.69 Å². The molecule has 0 bridgehead atoms. The van der Waals surface area contributed by atoms with Crippen LogP contribution >= 0.6 is 0 Å². The summed E-state index contributed by atoms with van der Waals surface area (Å²) in [4.78, 5) is 1.92. The zero-order valence-electron chi connectivity index (χ0n) is 11.3. The van der Waals surface area contributed by atoms with Gasteiger partial charge >= 0.3 is 6.18 Å². The summed E-state index contributed by atoms with van der Waals surface area (Å²) in [6.07, 6.45) is -4.44. The highest BCUT2D eigenvalue weighted by atomic mass is 19.4. The van der Waals surface area contributed by atoms with E-state index in [0.717, 1.165) is 19.2 Å². The van der Waals surface area contributed by atoms with Crippen molar-refractivity contribution in [2.45, 2.75) is 6.18 Å². The number of halogens is 3. The summed E-state index contributed by atoms with van der Waals surface area (Å²) in [5, 5.41) is 6.94. The maximum Gasteiger partial charge on any atom is 0.435 e. The van der Waals surface area contributed by atoms with Crippen LogP contribution in [-0.2, 0) is 6.18 Å². The van der Waals surface area contributed by atoms with E-state index in [1.165, 1.54) is 4.68 Å². The van der Waals surface area contributed by atoms with Gasteiger partial charge in [0.15, 0.2) is 5.69 Å². The molecule has 0 saturated carbocycles. The fourth-order valence-corrected chi connectivity index (χ4v) is 2.39. The third-order valence-electron chi connectivity index (χ3n) is 3.42. The first kappa shape index (κ1) is 13.9. The van der Waals surface area contributed by atoms with E-state index in [4.69, 9.17) is 0 Å². The first-order chi connectivity index (χ1) is 10.1. The highest BCUT2D eigenvalue weighted by Gasteiger charge is 2.36. The second-order valence-electron chi connectivity index (χ2n) is 4.87. The maximum atomic E-state index is 13.0. The van der Waals surface area contributed by atoms with Gasteiger partial charge in [-0.15, -0.1) is 0 Å². The summed E-state index contributed by atoms with van der Waals surface area (Å²) >= 11 is 0. The van der Waals surface area contributed by atoms with Gasteiger partial charge in [0.1, 0.15) is 5.82 Å². The molecule has 0 amide bonds. The zero-order chi connectivity index (χ0) is 14.9. The lowest BCUT2D eigenvalue weighted by atomic mass is 10.3. The first-order valence-electron chi connectivity index (χ1n) is 6.74. The molecule has 0 spiro atoms. The minimum Gasteiger partial charge on any atom is -0.354 e. The number of aromatic nitrogens is 2. The molecule has 1 N–H and O–H groups in total. The highest BCUT2D eigenvalue weighted by Crippen LogP contribution is 2.32. The number of rotatable bonds is 2. The molecule has 0 aliphatic carbocycles. The zero-order valence-corrected chi connectivity index (χ0v) is 11.3. The Kier molecular flexibility index (Phi) is 3.59. The van der Waals surface area contributed by atoms with Crippen LogP contribution in [0.5, 0.6) is 0 Å². The van der Waals surface area contributed by atoms with E-state index in [9.17, 15) is 13.2 Å². The Morgan fingerprint density at radius 2 is 1.71 bits per heavy atom. The lowest BCUT2D eigenvalue weighted by Gasteiger charge is -2.29. The van der Waals surface area contributed by atoms with Crippen LogP contribution in [0.2, 0.25) is 0 Å². The van der Waals surface area contributed by atoms with Gasteiger partial charge in [-0.25, -0.2) is 4.68 Å². The minimum absolute atomic E-state index is 0.482. The molecule has 1 aromatic heterocycles. The van der Waals surface area contributed by atoms with Crippen molar-refractivity contribution in [3.63, 3.8) is 0 Å². The van der Waals surface area contributed by atoms with E-state index in [-0.39, 0.29) is 0 Å². The summed E-state index contributed by atoms with van der Waals surface area (Å²) in [6.45, 7) is 2.83. The smallest absolute Gasteiger partial charge is 0.354 e. The largest absolute Gasteiger partial charge is 0.435 e. The number of alkyl halides is 3. The molecule has 0 unspecified atom stereocenters. The van der Waals surface area contributed by atoms with Crippen LogP contribution in [0, 0.1) is 0 Å². The number of hydrogen-bond donors (Lipinski definition) is 1. The molecule has 7 heteroatoms. The average Bonchev–Trinajstić information content (AvgIpc) is 2.94. The maximum absolute atomic E-state index is 13.0. The van der Waals surface area contributed by atoms with Crippen molar-refractivity contribution >= 4 is 5.82 Å². The van der Waals surface area contributed by atoms with E-state index in [1.54, 1.807) is 24.3 Å². The topological polar surface area (TPSA) is 33.1 Å². The molecule has 21 heavy (non-hydrogen) atoms. The van der Waals surface area contributed by atoms with Crippen LogP contribution in [0.15, 0.2) is 36.4 Å². The number of nitrogens with zero attached hydrogens (tertiary/aromatic N) is 3. The standard InChI is InChI=1S/C14H15F3N4/c15-14(16,17)12-10-13(20-8-6-18-7-9-20)21(19-12)11-4-2-1-3-5-11/h1-5,10,18H,6-9H2. The third-order valence-corrected chi connectivity index (χ3v) is 3.42. The first-order valence-corrected chi connectivity index (χ1v) is 6.74. The second kappa shape index (κ2) is 5.40. The summed E-state index contributed by atoms with van der Waals surface area (Å²) in [7, 11) is 0. The number of anilines is 1. The molecular weight excluding hydrogens is 281 g/mol. The Morgan fingerprint density at radius 3 is 2.33 bits per heavy atom. The van der Waals surface area contributed by atoms with Crippen molar-refractivity contribution in [2.75, 3.05) is 31.1 Å². The predicted octanol–water partition coefficient (Wildman–Crippen LogP) is 2.30. The number of piperazine rings is 1. The Bertz CT molecular complexity index is 600. The molecule has 1 fully saturated rings. The summed E-state index contributed by atoms with van der Waals surface area (Å²) in [6, 6.07) is 10.0. The van der Waals surface area contributed by atoms with Crippen LogP contribution in [0.3, 0.4) is 0 Å². The summed E-state index contributed by atoms with van der Waals surface area (Å²) in [5.74, 6) is 0.482. The van der Waals surface area contributed by atoms with Crippen molar-refractivity contribution < 1.29 is 13.2 Å². The molecule has 0 atom stereocenters. The molecular formula is C14H15F3N4. The quantitative estimate of drug-likeness (QED) is 0.923. The van der Waals surface area contributed by atoms with Crippen molar-refractivity contribution in [1.29, 1.82) is 0 Å². The third kappa shape index (κ3) is 2.87. The molecule has 1 saturated heterocycles. The van der Waals surface area contributed by atoms with Gasteiger partial charge in [0.25, 0.3) is 0 Å². The Hall–Kier alpha value is -2.02. The molecule has 2 aromatic rings. The van der Waals surface area contributed by atoms with Crippen LogP contribution in [0.25, 0.3) is 5.69 Å². The van der Waals surface area contributed by atoms with Crippen LogP contribution in [0.4, 0.5) is 19.0 Å². The van der Waals surface area contributed by atoms with Crippen molar-refractivity contribution in [1.82, 2.24) is 15.1 Å². The lowest BCUT2D eigenvalue weighted by molar-refractivity contribution is -0.141. The average molecular weight is 296 g/mol. The summed E-state index contributed by atoms with van der Waals surface area (Å²) in [5.41, 5.74) is -0.235. The van der Waals surface area contributed by atoms with Crippen molar-refractivity contribution in [2.24, 2.45) is 0 Å². The van der Waals surface area contributed by atoms with Crippen LogP contribution < -0.4 is 10.2 Å². The van der Waals surface area contributed by atoms with Gasteiger partial charge < -0.3 is 10.2 Å². The Balaban J connectivity index is 2.06. The van der Waals surface area contributed by atoms with E-state index in [2.05, 4.69) is 10.4 Å². The molecule has 0 radical (unpaired) electrons. The van der Waals surface area contributed by atoms with Gasteiger partial charge in [0.2, 0.25) is 0 Å². The van der Waals surface area contributed by atoms with Gasteiger partial charge in [-0.2, -0.15) is 18.3 Å². The molecule has 1 aliphatic heterocycles. The molecule has 112 valence electrons. The van der Waals surface area contributed by atoms with E-state index in [1.807, 2.05) is 11.0 Å². The van der Waals surface area contributed by atoms with Gasteiger partial charge in [-0.1, -0.05) is 18.2 Å². The molecule has 4 nitrogen and oxygen atoms in total. The predicted molar refractivity (Wildman–Crippen MR) is 73.6 cm³/mol. The fraction of sp³-hybridized carbons (Fsp3) is 0.357. The number of para-hydroxylation sites is 1. The van der Waals surface area contributed by atoms with Gasteiger partial charge in [0, 0.05) is 32.2 Å². The van der Waals surface area contributed by atoms with Gasteiger partial charge in [-0.05, 0) is 12.1 Å². The Morgan fingerprint density at radius 1 is 1.05 bits per heavy atom. The fourth-order valence-electron chi connectivity index (χ4n) is 2.39. The van der Waals surface area contributed by atoms with Gasteiger partial charge in [-0.3, -0.25) is 0 Å². The Labute approximate surface area is 120 Å². The van der Waals surface area contributed by atoms with Crippen molar-refractivity contribution in [3.8, 4) is 5.69 Å². The molecule has 1 aliphatic rings. The SMILES string of the molecule is FC(F)(F)c1cc(N2CCNCC2)n(-c2ccccc2)n1. The van der Waals surface area contributed by atoms with E-state index < -0.39 is 11.9 Å². The van der Waals surface area contributed by atoms with E-state index in [0.29, 0.717) is 24.6 Å². The van der Waals surface area contributed by atoms with E-state index >= 15 is 0 Å². The molecule has 2 heterocycles. The van der Waals surface area contributed by atoms with Crippen LogP contribution in [-0.4, -0.2) is 36.0 Å². The normalized spacial score (nSPS) is 16.2. The molecule has 1 aromatic carbocycles. The minimum atomic E-state index is -4.44. The number of nitrogens with one attached hydrogen (secondary N) is 1. The number of hydrogen-bond acceptors (Lipinski definition) is 3. The highest BCUT2D eigenvalue weighted by molar-refractivity contribution is 5.49. The number of benzene rings is 1. The van der Waals surface area contributed by atoms with Gasteiger partial charge in [0.05, 0.1) is 5.69 Å². The summed E-state index contributed by atoms with van der Waals surface area (Å²) < 4.78 is 40.2. The lowest BCUT2D eigenvalue weighted by Crippen LogP contribution is -2.44. The second-order valence-corrected chi connectivity index (χ2v) is 4.87. The van der Waals surface area contributed by atoms with Crippen molar-refractivity contribution in [3.05, 3.63) is 42.1 Å². The monoisotopic (exact) mass is 296 g/mol. The molecule has 3 rings (SSSR count).